The average molecular weight is 375 g/mol. The number of imidazole rings is 1. The molecule has 1 aromatic rings. The van der Waals surface area contributed by atoms with Crippen LogP contribution in [0.15, 0.2) is 23.7 Å². The SMILES string of the molecule is CCNC(=NCC(C)CN1CCCCC1)N1CCC(C)C(n2ccnc2)C1. The molecular formula is C21H38N6. The van der Waals surface area contributed by atoms with Crippen molar-refractivity contribution in [3.63, 3.8) is 0 Å². The van der Waals surface area contributed by atoms with Crippen LogP contribution in [0.25, 0.3) is 0 Å². The molecule has 2 saturated heterocycles. The summed E-state index contributed by atoms with van der Waals surface area (Å²) in [5, 5.41) is 3.53. The van der Waals surface area contributed by atoms with E-state index in [1.807, 2.05) is 12.5 Å². The van der Waals surface area contributed by atoms with Crippen molar-refractivity contribution in [1.82, 2.24) is 24.7 Å². The van der Waals surface area contributed by atoms with Crippen molar-refractivity contribution in [1.29, 1.82) is 0 Å². The smallest absolute Gasteiger partial charge is 0.193 e. The van der Waals surface area contributed by atoms with Gasteiger partial charge in [0.1, 0.15) is 0 Å². The van der Waals surface area contributed by atoms with Gasteiger partial charge in [-0.25, -0.2) is 4.98 Å². The third kappa shape index (κ3) is 5.71. The van der Waals surface area contributed by atoms with Crippen LogP contribution in [-0.2, 0) is 0 Å². The van der Waals surface area contributed by atoms with Crippen LogP contribution in [0.4, 0.5) is 0 Å². The Morgan fingerprint density at radius 2 is 2.07 bits per heavy atom. The second-order valence-corrected chi connectivity index (χ2v) is 8.45. The lowest BCUT2D eigenvalue weighted by Gasteiger charge is -2.39. The maximum atomic E-state index is 5.02. The van der Waals surface area contributed by atoms with Gasteiger partial charge in [-0.3, -0.25) is 4.99 Å². The first-order chi connectivity index (χ1) is 13.2. The third-order valence-electron chi connectivity index (χ3n) is 6.03. The van der Waals surface area contributed by atoms with Crippen molar-refractivity contribution in [3.05, 3.63) is 18.7 Å². The van der Waals surface area contributed by atoms with Crippen molar-refractivity contribution in [2.45, 2.75) is 52.5 Å². The summed E-state index contributed by atoms with van der Waals surface area (Å²) in [6.45, 7) is 14.5. The molecule has 6 nitrogen and oxygen atoms in total. The molecule has 6 heteroatoms. The Hall–Kier alpha value is -1.56. The Bertz CT molecular complexity index is 563. The molecule has 0 amide bonds. The quantitative estimate of drug-likeness (QED) is 0.614. The molecule has 2 aliphatic rings. The number of likely N-dealkylation sites (tertiary alicyclic amines) is 2. The van der Waals surface area contributed by atoms with Gasteiger partial charge in [-0.15, -0.1) is 0 Å². The number of hydrogen-bond donors (Lipinski definition) is 1. The molecule has 0 aromatic carbocycles. The molecule has 0 aliphatic carbocycles. The molecule has 3 rings (SSSR count). The predicted molar refractivity (Wildman–Crippen MR) is 112 cm³/mol. The van der Waals surface area contributed by atoms with Crippen LogP contribution in [0.5, 0.6) is 0 Å². The largest absolute Gasteiger partial charge is 0.357 e. The first kappa shape index (κ1) is 20.2. The Morgan fingerprint density at radius 3 is 2.78 bits per heavy atom. The topological polar surface area (TPSA) is 48.7 Å². The molecular weight excluding hydrogens is 336 g/mol. The lowest BCUT2D eigenvalue weighted by molar-refractivity contribution is 0.187. The van der Waals surface area contributed by atoms with E-state index in [4.69, 9.17) is 4.99 Å². The zero-order valence-corrected chi connectivity index (χ0v) is 17.5. The molecule has 1 N–H and O–H groups in total. The highest BCUT2D eigenvalue weighted by atomic mass is 15.3. The van der Waals surface area contributed by atoms with Gasteiger partial charge in [-0.05, 0) is 51.1 Å². The number of nitrogens with zero attached hydrogens (tertiary/aromatic N) is 5. The fourth-order valence-corrected chi connectivity index (χ4v) is 4.40. The highest BCUT2D eigenvalue weighted by molar-refractivity contribution is 5.80. The van der Waals surface area contributed by atoms with Gasteiger partial charge in [0, 0.05) is 45.1 Å². The third-order valence-corrected chi connectivity index (χ3v) is 6.03. The van der Waals surface area contributed by atoms with Gasteiger partial charge in [0.15, 0.2) is 5.96 Å². The Balaban J connectivity index is 1.58. The molecule has 0 spiro atoms. The fraction of sp³-hybridized carbons (Fsp3) is 0.810. The highest BCUT2D eigenvalue weighted by Gasteiger charge is 2.29. The van der Waals surface area contributed by atoms with E-state index in [2.05, 4.69) is 51.6 Å². The van der Waals surface area contributed by atoms with Gasteiger partial charge < -0.3 is 19.7 Å². The molecule has 3 heterocycles. The summed E-state index contributed by atoms with van der Waals surface area (Å²) in [6, 6.07) is 0.468. The molecule has 27 heavy (non-hydrogen) atoms. The second-order valence-electron chi connectivity index (χ2n) is 8.45. The van der Waals surface area contributed by atoms with Gasteiger partial charge in [0.25, 0.3) is 0 Å². The van der Waals surface area contributed by atoms with Crippen molar-refractivity contribution in [2.75, 3.05) is 45.8 Å². The molecule has 0 bridgehead atoms. The second kappa shape index (κ2) is 10.1. The Labute approximate surface area is 165 Å². The number of aliphatic imine (C=N–C) groups is 1. The lowest BCUT2D eigenvalue weighted by atomic mass is 9.93. The van der Waals surface area contributed by atoms with E-state index in [9.17, 15) is 0 Å². The van der Waals surface area contributed by atoms with Gasteiger partial charge in [-0.1, -0.05) is 20.3 Å². The molecule has 0 radical (unpaired) electrons. The van der Waals surface area contributed by atoms with E-state index < -0.39 is 0 Å². The standard InChI is InChI=1S/C21H38N6/c1-4-23-21(24-14-18(2)15-25-10-6-5-7-11-25)26-12-8-19(3)20(16-26)27-13-9-22-17-27/h9,13,17-20H,4-8,10-12,14-16H2,1-3H3,(H,23,24). The van der Waals surface area contributed by atoms with Crippen LogP contribution in [0.3, 0.4) is 0 Å². The van der Waals surface area contributed by atoms with Crippen LogP contribution >= 0.6 is 0 Å². The van der Waals surface area contributed by atoms with Gasteiger partial charge in [0.05, 0.1) is 12.4 Å². The number of hydrogen-bond acceptors (Lipinski definition) is 3. The van der Waals surface area contributed by atoms with Crippen molar-refractivity contribution < 1.29 is 0 Å². The summed E-state index contributed by atoms with van der Waals surface area (Å²) in [5.74, 6) is 2.35. The minimum Gasteiger partial charge on any atom is -0.357 e. The van der Waals surface area contributed by atoms with E-state index in [1.54, 1.807) is 0 Å². The number of nitrogens with one attached hydrogen (secondary N) is 1. The first-order valence-corrected chi connectivity index (χ1v) is 10.9. The minimum absolute atomic E-state index is 0.468. The molecule has 3 unspecified atom stereocenters. The molecule has 2 aliphatic heterocycles. The number of rotatable bonds is 6. The van der Waals surface area contributed by atoms with E-state index in [0.717, 1.165) is 32.1 Å². The Kier molecular flexibility index (Phi) is 7.56. The summed E-state index contributed by atoms with van der Waals surface area (Å²) in [5.41, 5.74) is 0. The van der Waals surface area contributed by atoms with Crippen LogP contribution in [0.1, 0.15) is 52.5 Å². The van der Waals surface area contributed by atoms with Crippen molar-refractivity contribution >= 4 is 5.96 Å². The first-order valence-electron chi connectivity index (χ1n) is 10.9. The molecule has 3 atom stereocenters. The Morgan fingerprint density at radius 1 is 1.26 bits per heavy atom. The molecule has 2 fully saturated rings. The van der Waals surface area contributed by atoms with Gasteiger partial charge in [-0.2, -0.15) is 0 Å². The van der Waals surface area contributed by atoms with Crippen molar-refractivity contribution in [3.8, 4) is 0 Å². The predicted octanol–water partition coefficient (Wildman–Crippen LogP) is 2.85. The fourth-order valence-electron chi connectivity index (χ4n) is 4.40. The van der Waals surface area contributed by atoms with Gasteiger partial charge >= 0.3 is 0 Å². The van der Waals surface area contributed by atoms with Crippen LogP contribution < -0.4 is 5.32 Å². The zero-order chi connectivity index (χ0) is 19.1. The zero-order valence-electron chi connectivity index (χ0n) is 17.5. The van der Waals surface area contributed by atoms with Crippen molar-refractivity contribution in [2.24, 2.45) is 16.8 Å². The summed E-state index contributed by atoms with van der Waals surface area (Å²) >= 11 is 0. The summed E-state index contributed by atoms with van der Waals surface area (Å²) in [6.07, 6.45) is 11.2. The van der Waals surface area contributed by atoms with E-state index in [-0.39, 0.29) is 0 Å². The number of aromatic nitrogens is 2. The van der Waals surface area contributed by atoms with E-state index in [1.165, 1.54) is 45.3 Å². The molecule has 152 valence electrons. The van der Waals surface area contributed by atoms with E-state index in [0.29, 0.717) is 17.9 Å². The monoisotopic (exact) mass is 374 g/mol. The lowest BCUT2D eigenvalue weighted by Crippen LogP contribution is -2.49. The highest BCUT2D eigenvalue weighted by Crippen LogP contribution is 2.27. The van der Waals surface area contributed by atoms with Crippen LogP contribution in [0.2, 0.25) is 0 Å². The summed E-state index contributed by atoms with van der Waals surface area (Å²) in [4.78, 5) is 14.3. The number of piperidine rings is 2. The summed E-state index contributed by atoms with van der Waals surface area (Å²) in [7, 11) is 0. The summed E-state index contributed by atoms with van der Waals surface area (Å²) < 4.78 is 2.26. The maximum Gasteiger partial charge on any atom is 0.193 e. The molecule has 1 aromatic heterocycles. The van der Waals surface area contributed by atoms with Gasteiger partial charge in [0.2, 0.25) is 0 Å². The van der Waals surface area contributed by atoms with Crippen LogP contribution in [-0.4, -0.2) is 71.1 Å². The average Bonchev–Trinajstić information content (AvgIpc) is 3.21. The maximum absolute atomic E-state index is 5.02. The minimum atomic E-state index is 0.468. The molecule has 0 saturated carbocycles. The number of guanidine groups is 1. The van der Waals surface area contributed by atoms with Crippen LogP contribution in [0, 0.1) is 11.8 Å². The normalized spacial score (nSPS) is 26.2. The van der Waals surface area contributed by atoms with E-state index >= 15 is 0 Å².